The van der Waals surface area contributed by atoms with E-state index in [0.29, 0.717) is 34.7 Å². The minimum atomic E-state index is -0.682. The van der Waals surface area contributed by atoms with Crippen LogP contribution in [-0.2, 0) is 25.7 Å². The monoisotopic (exact) mass is 508 g/mol. The van der Waals surface area contributed by atoms with Crippen LogP contribution in [0.3, 0.4) is 0 Å². The third-order valence-corrected chi connectivity index (χ3v) is 6.73. The smallest absolute Gasteiger partial charge is 0.316 e. The number of esters is 1. The molecule has 186 valence electrons. The number of rotatable bonds is 8. The van der Waals surface area contributed by atoms with E-state index in [1.807, 2.05) is 42.5 Å². The lowest BCUT2D eigenvalue weighted by atomic mass is 10.1. The molecule has 0 aliphatic carbocycles. The molecule has 1 unspecified atom stereocenters. The van der Waals surface area contributed by atoms with E-state index < -0.39 is 6.04 Å². The molecule has 2 aromatic rings. The Balaban J connectivity index is 1.25. The van der Waals surface area contributed by atoms with E-state index >= 15 is 0 Å². The van der Waals surface area contributed by atoms with Gasteiger partial charge in [-0.3, -0.25) is 19.3 Å². The lowest BCUT2D eigenvalue weighted by Crippen LogP contribution is -2.44. The van der Waals surface area contributed by atoms with Crippen molar-refractivity contribution in [1.82, 2.24) is 10.2 Å². The summed E-state index contributed by atoms with van der Waals surface area (Å²) in [4.78, 5) is 48.2. The largest absolute Gasteiger partial charge is 0.465 e. The molecule has 3 aliphatic heterocycles. The Morgan fingerprint density at radius 2 is 2.00 bits per heavy atom. The van der Waals surface area contributed by atoms with Gasteiger partial charge in [0.1, 0.15) is 11.9 Å². The molecule has 3 heterocycles. The number of amides is 2. The Bertz CT molecular complexity index is 1280. The summed E-state index contributed by atoms with van der Waals surface area (Å²) in [6.45, 7) is 2.55. The van der Waals surface area contributed by atoms with Crippen molar-refractivity contribution in [3.05, 3.63) is 53.6 Å². The van der Waals surface area contributed by atoms with Crippen LogP contribution in [0.1, 0.15) is 30.9 Å². The van der Waals surface area contributed by atoms with Gasteiger partial charge in [-0.15, -0.1) is 0 Å². The first-order valence-corrected chi connectivity index (χ1v) is 12.6. The van der Waals surface area contributed by atoms with Gasteiger partial charge >= 0.3 is 5.97 Å². The number of nitrogens with zero attached hydrogens (tertiary/aromatic N) is 3. The van der Waals surface area contributed by atoms with Gasteiger partial charge in [0.25, 0.3) is 5.91 Å². The molecule has 2 amide bonds. The third kappa shape index (κ3) is 4.92. The zero-order valence-corrected chi connectivity index (χ0v) is 20.4. The maximum Gasteiger partial charge on any atom is 0.316 e. The van der Waals surface area contributed by atoms with Crippen LogP contribution in [0.5, 0.6) is 11.5 Å². The van der Waals surface area contributed by atoms with Crippen molar-refractivity contribution >= 4 is 46.2 Å². The van der Waals surface area contributed by atoms with Crippen molar-refractivity contribution in [3.63, 3.8) is 0 Å². The number of hydrogen-bond donors (Lipinski definition) is 1. The molecular formula is C25H24N4O6S. The molecule has 0 fully saturated rings. The molecular weight excluding hydrogens is 484 g/mol. The number of para-hydroxylation sites is 1. The van der Waals surface area contributed by atoms with Crippen LogP contribution in [0.25, 0.3) is 0 Å². The maximum absolute atomic E-state index is 12.9. The summed E-state index contributed by atoms with van der Waals surface area (Å²) < 4.78 is 15.7. The van der Waals surface area contributed by atoms with Crippen molar-refractivity contribution in [3.8, 4) is 11.5 Å². The fourth-order valence-corrected chi connectivity index (χ4v) is 4.96. The van der Waals surface area contributed by atoms with Gasteiger partial charge in [-0.25, -0.2) is 4.99 Å². The van der Waals surface area contributed by atoms with E-state index in [4.69, 9.17) is 14.2 Å². The highest BCUT2D eigenvalue weighted by atomic mass is 32.2. The number of hydrogen-bond acceptors (Lipinski definition) is 9. The van der Waals surface area contributed by atoms with Gasteiger partial charge in [-0.1, -0.05) is 30.0 Å². The summed E-state index contributed by atoms with van der Waals surface area (Å²) in [5.74, 6) is 0.978. The van der Waals surface area contributed by atoms with Gasteiger partial charge in [0.2, 0.25) is 12.7 Å². The van der Waals surface area contributed by atoms with Crippen LogP contribution in [0, 0.1) is 0 Å². The Labute approximate surface area is 211 Å². The standard InChI is InChI=1S/C25H24N4O6S/c1-2-33-22(31)13-36-25-27-17-6-4-3-5-16(17)23-28-24(32)18(29(23)25)8-10-21(30)26-12-15-7-9-19-20(11-15)35-14-34-19/h3-7,9,11,18H,2,8,10,12-14H2,1H3,(H,26,30). The quantitative estimate of drug-likeness (QED) is 0.541. The molecule has 3 aliphatic rings. The normalized spacial score (nSPS) is 17.2. The number of fused-ring (bicyclic) bond motifs is 4. The molecule has 1 N–H and O–H groups in total. The highest BCUT2D eigenvalue weighted by Gasteiger charge is 2.41. The minimum Gasteiger partial charge on any atom is -0.465 e. The fourth-order valence-electron chi connectivity index (χ4n) is 4.11. The Kier molecular flexibility index (Phi) is 6.90. The summed E-state index contributed by atoms with van der Waals surface area (Å²) in [6, 6.07) is 12.2. The van der Waals surface area contributed by atoms with Crippen LogP contribution >= 0.6 is 11.8 Å². The van der Waals surface area contributed by atoms with E-state index in [9.17, 15) is 14.4 Å². The number of ether oxygens (including phenoxy) is 3. The van der Waals surface area contributed by atoms with Gasteiger partial charge in [-0.05, 0) is 43.2 Å². The van der Waals surface area contributed by atoms with Crippen LogP contribution in [0.4, 0.5) is 5.69 Å². The van der Waals surface area contributed by atoms with Crippen molar-refractivity contribution in [2.24, 2.45) is 9.98 Å². The van der Waals surface area contributed by atoms with Crippen LogP contribution < -0.4 is 14.8 Å². The lowest BCUT2D eigenvalue weighted by molar-refractivity contribution is -0.139. The summed E-state index contributed by atoms with van der Waals surface area (Å²) in [6.07, 6.45) is 0.373. The summed E-state index contributed by atoms with van der Waals surface area (Å²) in [7, 11) is 0. The van der Waals surface area contributed by atoms with Gasteiger partial charge < -0.3 is 19.5 Å². The van der Waals surface area contributed by atoms with E-state index in [2.05, 4.69) is 15.3 Å². The van der Waals surface area contributed by atoms with Crippen molar-refractivity contribution < 1.29 is 28.6 Å². The SMILES string of the molecule is CCOC(=O)CSC1=Nc2ccccc2C2=NC(=O)C(CCC(=O)NCc3ccc4c(c3)OCO4)N12. The molecule has 0 aromatic heterocycles. The molecule has 0 bridgehead atoms. The summed E-state index contributed by atoms with van der Waals surface area (Å²) >= 11 is 1.19. The predicted octanol–water partition coefficient (Wildman–Crippen LogP) is 2.77. The molecule has 36 heavy (non-hydrogen) atoms. The molecule has 0 saturated carbocycles. The second-order valence-electron chi connectivity index (χ2n) is 8.17. The van der Waals surface area contributed by atoms with Crippen molar-refractivity contribution in [1.29, 1.82) is 0 Å². The van der Waals surface area contributed by atoms with E-state index in [1.54, 1.807) is 11.8 Å². The highest BCUT2D eigenvalue weighted by molar-refractivity contribution is 8.14. The molecule has 10 nitrogen and oxygen atoms in total. The maximum atomic E-state index is 12.9. The van der Waals surface area contributed by atoms with E-state index in [-0.39, 0.29) is 49.8 Å². The van der Waals surface area contributed by atoms with Crippen LogP contribution in [-0.4, -0.2) is 58.9 Å². The molecule has 0 spiro atoms. The van der Waals surface area contributed by atoms with Crippen molar-refractivity contribution in [2.75, 3.05) is 19.2 Å². The minimum absolute atomic E-state index is 0.0511. The van der Waals surface area contributed by atoms with E-state index in [1.165, 1.54) is 11.8 Å². The number of thioether (sulfide) groups is 1. The lowest BCUT2D eigenvalue weighted by Gasteiger charge is -2.30. The first-order valence-electron chi connectivity index (χ1n) is 11.6. The Morgan fingerprint density at radius 1 is 1.17 bits per heavy atom. The molecule has 2 aromatic carbocycles. The topological polar surface area (TPSA) is 119 Å². The third-order valence-electron chi connectivity index (χ3n) is 5.80. The number of benzene rings is 2. The first-order chi connectivity index (χ1) is 17.5. The van der Waals surface area contributed by atoms with Gasteiger partial charge in [0.15, 0.2) is 16.7 Å². The molecule has 11 heteroatoms. The van der Waals surface area contributed by atoms with Crippen LogP contribution in [0.2, 0.25) is 0 Å². The van der Waals surface area contributed by atoms with Crippen LogP contribution in [0.15, 0.2) is 52.4 Å². The highest BCUT2D eigenvalue weighted by Crippen LogP contribution is 2.35. The second-order valence-corrected chi connectivity index (χ2v) is 9.11. The molecule has 0 radical (unpaired) electrons. The molecule has 1 atom stereocenters. The number of carbonyl (C=O) groups excluding carboxylic acids is 3. The first kappa shape index (κ1) is 23.9. The Morgan fingerprint density at radius 3 is 2.86 bits per heavy atom. The Hall–Kier alpha value is -3.86. The number of aliphatic imine (C=N–C) groups is 2. The average molecular weight is 509 g/mol. The van der Waals surface area contributed by atoms with Gasteiger partial charge in [0, 0.05) is 18.5 Å². The molecule has 0 saturated heterocycles. The van der Waals surface area contributed by atoms with Gasteiger partial charge in [0.05, 0.1) is 18.0 Å². The zero-order chi connectivity index (χ0) is 25.1. The fraction of sp³-hybridized carbons (Fsp3) is 0.320. The number of carbonyl (C=O) groups is 3. The number of nitrogens with one attached hydrogen (secondary N) is 1. The number of amidine groups is 2. The van der Waals surface area contributed by atoms with Crippen molar-refractivity contribution in [2.45, 2.75) is 32.4 Å². The molecule has 5 rings (SSSR count). The van der Waals surface area contributed by atoms with Gasteiger partial charge in [-0.2, -0.15) is 4.99 Å². The summed E-state index contributed by atoms with van der Waals surface area (Å²) in [5, 5.41) is 3.37. The predicted molar refractivity (Wildman–Crippen MR) is 133 cm³/mol. The summed E-state index contributed by atoms with van der Waals surface area (Å²) in [5.41, 5.74) is 2.29. The second kappa shape index (κ2) is 10.4. The van der Waals surface area contributed by atoms with E-state index in [0.717, 1.165) is 11.1 Å². The zero-order valence-electron chi connectivity index (χ0n) is 19.6. The average Bonchev–Trinajstić information content (AvgIpc) is 3.48.